The molecule has 7 nitrogen and oxygen atoms in total. The molecule has 0 saturated carbocycles. The van der Waals surface area contributed by atoms with E-state index in [2.05, 4.69) is 20.8 Å². The number of thioether (sulfide) groups is 1. The molecule has 0 aliphatic rings. The van der Waals surface area contributed by atoms with Crippen molar-refractivity contribution in [3.63, 3.8) is 0 Å². The van der Waals surface area contributed by atoms with Crippen LogP contribution in [-0.2, 0) is 17.8 Å². The van der Waals surface area contributed by atoms with Gasteiger partial charge in [-0.3, -0.25) is 9.59 Å². The number of carbonyl (C=O) groups excluding carboxylic acids is 2. The lowest BCUT2D eigenvalue weighted by molar-refractivity contribution is -0.113. The molecule has 0 atom stereocenters. The van der Waals surface area contributed by atoms with Gasteiger partial charge in [0.2, 0.25) is 5.91 Å². The van der Waals surface area contributed by atoms with Gasteiger partial charge in [-0.05, 0) is 44.5 Å². The Kier molecular flexibility index (Phi) is 7.83. The van der Waals surface area contributed by atoms with Crippen LogP contribution in [0.25, 0.3) is 0 Å². The van der Waals surface area contributed by atoms with Crippen LogP contribution in [0.3, 0.4) is 0 Å². The number of nitrogens with one attached hydrogen (secondary N) is 2. The summed E-state index contributed by atoms with van der Waals surface area (Å²) in [5.41, 5.74) is 3.54. The first-order valence-electron chi connectivity index (χ1n) is 10.2. The lowest BCUT2D eigenvalue weighted by atomic mass is 10.1. The molecule has 0 aliphatic carbocycles. The lowest BCUT2D eigenvalue weighted by Gasteiger charge is -2.09. The standard InChI is InChI=1S/C23H27N5O2S/c1-4-28-20(13-14-24-22(30)19-8-6-5-7-17(19)3)26-27-23(28)31-15-21(29)25-18-11-9-16(2)10-12-18/h5-12H,4,13-15H2,1-3H3,(H,24,30)(H,25,29). The molecule has 0 spiro atoms. The molecule has 0 saturated heterocycles. The van der Waals surface area contributed by atoms with Gasteiger partial charge in [0, 0.05) is 30.8 Å². The van der Waals surface area contributed by atoms with Crippen LogP contribution in [0.4, 0.5) is 5.69 Å². The highest BCUT2D eigenvalue weighted by molar-refractivity contribution is 7.99. The Bertz CT molecular complexity index is 1050. The first-order valence-corrected chi connectivity index (χ1v) is 11.2. The quantitative estimate of drug-likeness (QED) is 0.499. The Morgan fingerprint density at radius 2 is 1.77 bits per heavy atom. The predicted octanol–water partition coefficient (Wildman–Crippen LogP) is 3.62. The van der Waals surface area contributed by atoms with E-state index >= 15 is 0 Å². The summed E-state index contributed by atoms with van der Waals surface area (Å²) in [6, 6.07) is 15.2. The molecule has 0 bridgehead atoms. The van der Waals surface area contributed by atoms with Crippen LogP contribution < -0.4 is 10.6 Å². The van der Waals surface area contributed by atoms with Crippen LogP contribution in [0.5, 0.6) is 0 Å². The van der Waals surface area contributed by atoms with E-state index in [0.29, 0.717) is 30.2 Å². The fourth-order valence-electron chi connectivity index (χ4n) is 3.10. The molecule has 2 aromatic carbocycles. The Morgan fingerprint density at radius 3 is 2.48 bits per heavy atom. The van der Waals surface area contributed by atoms with Crippen molar-refractivity contribution >= 4 is 29.3 Å². The van der Waals surface area contributed by atoms with Gasteiger partial charge in [0.15, 0.2) is 5.16 Å². The van der Waals surface area contributed by atoms with Gasteiger partial charge in [-0.2, -0.15) is 0 Å². The third-order valence-electron chi connectivity index (χ3n) is 4.80. The fourth-order valence-corrected chi connectivity index (χ4v) is 3.92. The number of rotatable bonds is 9. The van der Waals surface area contributed by atoms with Crippen molar-refractivity contribution in [1.82, 2.24) is 20.1 Å². The molecule has 31 heavy (non-hydrogen) atoms. The van der Waals surface area contributed by atoms with Gasteiger partial charge in [-0.15, -0.1) is 10.2 Å². The summed E-state index contributed by atoms with van der Waals surface area (Å²) in [6.45, 7) is 7.08. The van der Waals surface area contributed by atoms with Gasteiger partial charge < -0.3 is 15.2 Å². The maximum atomic E-state index is 12.4. The largest absolute Gasteiger partial charge is 0.352 e. The van der Waals surface area contributed by atoms with E-state index in [9.17, 15) is 9.59 Å². The van der Waals surface area contributed by atoms with E-state index in [0.717, 1.165) is 22.6 Å². The van der Waals surface area contributed by atoms with Crippen LogP contribution >= 0.6 is 11.8 Å². The SMILES string of the molecule is CCn1c(CCNC(=O)c2ccccc2C)nnc1SCC(=O)Nc1ccc(C)cc1. The predicted molar refractivity (Wildman–Crippen MR) is 123 cm³/mol. The first-order chi connectivity index (χ1) is 15.0. The summed E-state index contributed by atoms with van der Waals surface area (Å²) in [6.07, 6.45) is 0.564. The van der Waals surface area contributed by atoms with Gasteiger partial charge in [0.1, 0.15) is 5.82 Å². The van der Waals surface area contributed by atoms with Crippen LogP contribution in [0.2, 0.25) is 0 Å². The van der Waals surface area contributed by atoms with E-state index < -0.39 is 0 Å². The first kappa shape index (κ1) is 22.6. The molecule has 0 radical (unpaired) electrons. The average molecular weight is 438 g/mol. The second-order valence-corrected chi connectivity index (χ2v) is 8.11. The van der Waals surface area contributed by atoms with E-state index in [1.54, 1.807) is 0 Å². The van der Waals surface area contributed by atoms with Gasteiger partial charge >= 0.3 is 0 Å². The second kappa shape index (κ2) is 10.8. The minimum Gasteiger partial charge on any atom is -0.352 e. The number of aryl methyl sites for hydroxylation is 2. The van der Waals surface area contributed by atoms with E-state index in [1.165, 1.54) is 11.8 Å². The summed E-state index contributed by atoms with van der Waals surface area (Å²) in [4.78, 5) is 24.6. The van der Waals surface area contributed by atoms with Crippen molar-refractivity contribution in [2.75, 3.05) is 17.6 Å². The highest BCUT2D eigenvalue weighted by Crippen LogP contribution is 2.18. The lowest BCUT2D eigenvalue weighted by Crippen LogP contribution is -2.27. The number of hydrogen-bond donors (Lipinski definition) is 2. The fraction of sp³-hybridized carbons (Fsp3) is 0.304. The van der Waals surface area contributed by atoms with E-state index in [4.69, 9.17) is 0 Å². The zero-order valence-corrected chi connectivity index (χ0v) is 18.8. The van der Waals surface area contributed by atoms with Gasteiger partial charge in [0.05, 0.1) is 5.75 Å². The Hall–Kier alpha value is -3.13. The molecule has 1 heterocycles. The maximum Gasteiger partial charge on any atom is 0.251 e. The Balaban J connectivity index is 1.51. The molecule has 3 rings (SSSR count). The molecule has 2 amide bonds. The summed E-state index contributed by atoms with van der Waals surface area (Å²) in [5.74, 6) is 0.847. The third-order valence-corrected chi connectivity index (χ3v) is 5.77. The number of carbonyl (C=O) groups is 2. The molecule has 0 unspecified atom stereocenters. The van der Waals surface area contributed by atoms with Gasteiger partial charge in [-0.25, -0.2) is 0 Å². The van der Waals surface area contributed by atoms with Crippen molar-refractivity contribution in [3.05, 3.63) is 71.0 Å². The average Bonchev–Trinajstić information content (AvgIpc) is 3.16. The van der Waals surface area contributed by atoms with Crippen LogP contribution in [0, 0.1) is 13.8 Å². The summed E-state index contributed by atoms with van der Waals surface area (Å²) >= 11 is 1.35. The molecular weight excluding hydrogens is 410 g/mol. The smallest absolute Gasteiger partial charge is 0.251 e. The monoisotopic (exact) mass is 437 g/mol. The van der Waals surface area contributed by atoms with E-state index in [1.807, 2.05) is 73.9 Å². The van der Waals surface area contributed by atoms with Crippen molar-refractivity contribution < 1.29 is 9.59 Å². The number of hydrogen-bond acceptors (Lipinski definition) is 5. The van der Waals surface area contributed by atoms with Crippen LogP contribution in [-0.4, -0.2) is 38.9 Å². The number of amides is 2. The highest BCUT2D eigenvalue weighted by atomic mass is 32.2. The van der Waals surface area contributed by atoms with Crippen LogP contribution in [0.1, 0.15) is 34.2 Å². The second-order valence-electron chi connectivity index (χ2n) is 7.17. The maximum absolute atomic E-state index is 12.4. The normalized spacial score (nSPS) is 10.7. The molecule has 1 aromatic heterocycles. The van der Waals surface area contributed by atoms with Crippen molar-refractivity contribution in [3.8, 4) is 0 Å². The van der Waals surface area contributed by atoms with Gasteiger partial charge in [-0.1, -0.05) is 47.7 Å². The number of benzene rings is 2. The molecule has 0 fully saturated rings. The summed E-state index contributed by atoms with van der Waals surface area (Å²) in [5, 5.41) is 15.0. The van der Waals surface area contributed by atoms with Crippen molar-refractivity contribution in [2.45, 2.75) is 38.9 Å². The Labute approximate surface area is 186 Å². The number of nitrogens with zero attached hydrogens (tertiary/aromatic N) is 3. The molecule has 8 heteroatoms. The Morgan fingerprint density at radius 1 is 1.03 bits per heavy atom. The van der Waals surface area contributed by atoms with Gasteiger partial charge in [0.25, 0.3) is 5.91 Å². The zero-order valence-electron chi connectivity index (χ0n) is 18.0. The molecule has 2 N–H and O–H groups in total. The zero-order chi connectivity index (χ0) is 22.2. The number of anilines is 1. The topological polar surface area (TPSA) is 88.9 Å². The molecular formula is C23H27N5O2S. The molecule has 3 aromatic rings. The van der Waals surface area contributed by atoms with Crippen molar-refractivity contribution in [2.24, 2.45) is 0 Å². The summed E-state index contributed by atoms with van der Waals surface area (Å²) < 4.78 is 1.98. The summed E-state index contributed by atoms with van der Waals surface area (Å²) in [7, 11) is 0. The van der Waals surface area contributed by atoms with Crippen molar-refractivity contribution in [1.29, 1.82) is 0 Å². The minimum absolute atomic E-state index is 0.0912. The van der Waals surface area contributed by atoms with Crippen LogP contribution in [0.15, 0.2) is 53.7 Å². The molecule has 0 aliphatic heterocycles. The minimum atomic E-state index is -0.0944. The third kappa shape index (κ3) is 6.18. The molecule has 162 valence electrons. The highest BCUT2D eigenvalue weighted by Gasteiger charge is 2.14. The number of aromatic nitrogens is 3. The van der Waals surface area contributed by atoms with E-state index in [-0.39, 0.29) is 17.6 Å².